The van der Waals surface area contributed by atoms with Crippen LogP contribution in [-0.2, 0) is 4.74 Å². The van der Waals surface area contributed by atoms with Gasteiger partial charge in [-0.3, -0.25) is 0 Å². The van der Waals surface area contributed by atoms with Gasteiger partial charge >= 0.3 is 0 Å². The van der Waals surface area contributed by atoms with E-state index in [1.165, 1.54) is 0 Å². The molecule has 0 spiro atoms. The zero-order valence-electron chi connectivity index (χ0n) is 9.44. The van der Waals surface area contributed by atoms with Crippen LogP contribution in [0.3, 0.4) is 0 Å². The Morgan fingerprint density at radius 3 is 1.40 bits per heavy atom. The first kappa shape index (κ1) is 16.4. The van der Waals surface area contributed by atoms with Crippen molar-refractivity contribution in [3.8, 4) is 0 Å². The zero-order valence-corrected chi connectivity index (χ0v) is 13.0. The molecule has 92 valence electrons. The monoisotopic (exact) mass is 286 g/mol. The smallest absolute Gasteiger partial charge is 0.0571 e. The SMILES string of the molecule is CCC(S)(S)CCOCCC(S)(S)CC. The van der Waals surface area contributed by atoms with E-state index < -0.39 is 0 Å². The summed E-state index contributed by atoms with van der Waals surface area (Å²) in [4.78, 5) is 0. The molecule has 0 atom stereocenters. The fourth-order valence-electron chi connectivity index (χ4n) is 0.927. The van der Waals surface area contributed by atoms with Crippen molar-refractivity contribution < 1.29 is 4.74 Å². The van der Waals surface area contributed by atoms with Gasteiger partial charge in [-0.1, -0.05) is 13.8 Å². The molecule has 1 nitrogen and oxygen atoms in total. The number of hydrogen-bond acceptors (Lipinski definition) is 5. The maximum atomic E-state index is 5.51. The van der Waals surface area contributed by atoms with Gasteiger partial charge < -0.3 is 4.74 Å². The van der Waals surface area contributed by atoms with E-state index in [0.29, 0.717) is 13.2 Å². The van der Waals surface area contributed by atoms with Crippen molar-refractivity contribution >= 4 is 50.5 Å². The van der Waals surface area contributed by atoms with Crippen molar-refractivity contribution in [3.05, 3.63) is 0 Å². The van der Waals surface area contributed by atoms with Crippen LogP contribution in [0.5, 0.6) is 0 Å². The van der Waals surface area contributed by atoms with E-state index in [1.54, 1.807) is 0 Å². The molecule has 5 heteroatoms. The maximum Gasteiger partial charge on any atom is 0.0571 e. The van der Waals surface area contributed by atoms with E-state index in [9.17, 15) is 0 Å². The molecule has 0 aromatic carbocycles. The molecule has 0 fully saturated rings. The minimum atomic E-state index is -0.205. The summed E-state index contributed by atoms with van der Waals surface area (Å²) < 4.78 is 5.10. The van der Waals surface area contributed by atoms with Crippen LogP contribution in [0.25, 0.3) is 0 Å². The van der Waals surface area contributed by atoms with Crippen molar-refractivity contribution in [1.82, 2.24) is 0 Å². The topological polar surface area (TPSA) is 9.23 Å². The highest BCUT2D eigenvalue weighted by atomic mass is 32.2. The van der Waals surface area contributed by atoms with Gasteiger partial charge in [-0.15, -0.1) is 0 Å². The quantitative estimate of drug-likeness (QED) is 0.302. The van der Waals surface area contributed by atoms with Crippen LogP contribution in [0.2, 0.25) is 0 Å². The lowest BCUT2D eigenvalue weighted by Crippen LogP contribution is -2.18. The fraction of sp³-hybridized carbons (Fsp3) is 1.00. The Labute approximate surface area is 116 Å². The van der Waals surface area contributed by atoms with Crippen LogP contribution < -0.4 is 0 Å². The normalized spacial score (nSPS) is 13.2. The van der Waals surface area contributed by atoms with E-state index in [0.717, 1.165) is 25.7 Å². The molecule has 0 radical (unpaired) electrons. The predicted molar refractivity (Wildman–Crippen MR) is 82.0 cm³/mol. The van der Waals surface area contributed by atoms with E-state index in [4.69, 9.17) is 4.74 Å². The molecule has 0 aromatic heterocycles. The standard InChI is InChI=1S/C10H22OS4/c1-3-9(12,13)5-7-11-8-6-10(14,15)4-2/h12-15H,3-8H2,1-2H3. The molecule has 0 amide bonds. The molecule has 0 saturated heterocycles. The molecule has 0 N–H and O–H groups in total. The molecule has 15 heavy (non-hydrogen) atoms. The lowest BCUT2D eigenvalue weighted by Gasteiger charge is -2.22. The van der Waals surface area contributed by atoms with Crippen LogP contribution >= 0.6 is 50.5 Å². The zero-order chi connectivity index (χ0) is 11.9. The second-order valence-electron chi connectivity index (χ2n) is 3.78. The Kier molecular flexibility index (Phi) is 8.33. The summed E-state index contributed by atoms with van der Waals surface area (Å²) in [7, 11) is 0. The van der Waals surface area contributed by atoms with Crippen molar-refractivity contribution in [1.29, 1.82) is 0 Å². The van der Waals surface area contributed by atoms with Crippen LogP contribution in [0.15, 0.2) is 0 Å². The minimum Gasteiger partial charge on any atom is -0.381 e. The molecule has 0 aromatic rings. The van der Waals surface area contributed by atoms with Crippen LogP contribution in [0.1, 0.15) is 39.5 Å². The molecule has 0 aliphatic heterocycles. The molecule has 0 aliphatic rings. The first-order valence-corrected chi connectivity index (χ1v) is 7.09. The lowest BCUT2D eigenvalue weighted by atomic mass is 10.2. The molecule has 0 saturated carbocycles. The van der Waals surface area contributed by atoms with Gasteiger partial charge in [-0.05, 0) is 25.7 Å². The average molecular weight is 287 g/mol. The number of ether oxygens (including phenoxy) is 1. The van der Waals surface area contributed by atoms with Gasteiger partial charge in [0, 0.05) is 13.2 Å². The third-order valence-corrected chi connectivity index (χ3v) is 4.59. The average Bonchev–Trinajstić information content (AvgIpc) is 2.17. The third kappa shape index (κ3) is 9.10. The molecule has 0 unspecified atom stereocenters. The van der Waals surface area contributed by atoms with Gasteiger partial charge in [0.05, 0.1) is 8.16 Å². The Morgan fingerprint density at radius 1 is 0.800 bits per heavy atom. The third-order valence-electron chi connectivity index (χ3n) is 2.43. The van der Waals surface area contributed by atoms with Crippen LogP contribution in [0.4, 0.5) is 0 Å². The summed E-state index contributed by atoms with van der Waals surface area (Å²) in [6.07, 6.45) is 3.57. The summed E-state index contributed by atoms with van der Waals surface area (Å²) in [6, 6.07) is 0. The number of hydrogen-bond donors (Lipinski definition) is 4. The van der Waals surface area contributed by atoms with Gasteiger partial charge in [0.15, 0.2) is 0 Å². The van der Waals surface area contributed by atoms with E-state index in [-0.39, 0.29) is 8.16 Å². The maximum absolute atomic E-state index is 5.51. The Hall–Kier alpha value is 1.36. The molecule has 0 heterocycles. The summed E-state index contributed by atoms with van der Waals surface area (Å²) in [6.45, 7) is 5.54. The molecule has 0 aliphatic carbocycles. The molecule has 0 rings (SSSR count). The predicted octanol–water partition coefficient (Wildman–Crippen LogP) is 3.72. The van der Waals surface area contributed by atoms with Crippen molar-refractivity contribution in [2.45, 2.75) is 47.7 Å². The largest absolute Gasteiger partial charge is 0.381 e. The van der Waals surface area contributed by atoms with Crippen LogP contribution in [-0.4, -0.2) is 21.4 Å². The van der Waals surface area contributed by atoms with E-state index in [1.807, 2.05) is 0 Å². The Bertz CT molecular complexity index is 153. The molecular formula is C10H22OS4. The summed E-state index contributed by atoms with van der Waals surface area (Å²) in [5.41, 5.74) is 0. The molecule has 0 bridgehead atoms. The van der Waals surface area contributed by atoms with Gasteiger partial charge in [0.2, 0.25) is 0 Å². The highest BCUT2D eigenvalue weighted by Crippen LogP contribution is 2.29. The summed E-state index contributed by atoms with van der Waals surface area (Å²) in [5, 5.41) is 0. The summed E-state index contributed by atoms with van der Waals surface area (Å²) >= 11 is 17.7. The van der Waals surface area contributed by atoms with Crippen molar-refractivity contribution in [2.75, 3.05) is 13.2 Å². The Balaban J connectivity index is 3.48. The number of thiol groups is 4. The number of rotatable bonds is 8. The minimum absolute atomic E-state index is 0.205. The van der Waals surface area contributed by atoms with Crippen molar-refractivity contribution in [3.63, 3.8) is 0 Å². The van der Waals surface area contributed by atoms with Crippen molar-refractivity contribution in [2.24, 2.45) is 0 Å². The highest BCUT2D eigenvalue weighted by molar-refractivity contribution is 8.00. The first-order chi connectivity index (χ1) is 6.83. The lowest BCUT2D eigenvalue weighted by molar-refractivity contribution is 0.125. The van der Waals surface area contributed by atoms with Gasteiger partial charge in [-0.25, -0.2) is 0 Å². The fourth-order valence-corrected chi connectivity index (χ4v) is 1.29. The van der Waals surface area contributed by atoms with E-state index >= 15 is 0 Å². The van der Waals surface area contributed by atoms with Gasteiger partial charge in [0.25, 0.3) is 0 Å². The first-order valence-electron chi connectivity index (χ1n) is 5.30. The Morgan fingerprint density at radius 2 is 1.13 bits per heavy atom. The van der Waals surface area contributed by atoms with Gasteiger partial charge in [-0.2, -0.15) is 50.5 Å². The molecular weight excluding hydrogens is 264 g/mol. The van der Waals surface area contributed by atoms with E-state index in [2.05, 4.69) is 64.4 Å². The van der Waals surface area contributed by atoms with Crippen LogP contribution in [0, 0.1) is 0 Å². The second-order valence-corrected chi connectivity index (χ2v) is 7.91. The second kappa shape index (κ2) is 7.64. The van der Waals surface area contributed by atoms with Gasteiger partial charge in [0.1, 0.15) is 0 Å². The summed E-state index contributed by atoms with van der Waals surface area (Å²) in [5.74, 6) is 0. The highest BCUT2D eigenvalue weighted by Gasteiger charge is 2.19.